The molecule has 1 saturated heterocycles. The number of nitrogens with one attached hydrogen (secondary N) is 1. The number of carbonyl (C=O) groups is 3. The maximum atomic E-state index is 11.1. The minimum atomic E-state index is -0.993. The summed E-state index contributed by atoms with van der Waals surface area (Å²) in [5.41, 5.74) is 2.30. The summed E-state index contributed by atoms with van der Waals surface area (Å²) in [5.74, 6) is -1.47. The highest BCUT2D eigenvalue weighted by atomic mass is 16.4. The van der Waals surface area contributed by atoms with Gasteiger partial charge in [-0.05, 0) is 0 Å². The van der Waals surface area contributed by atoms with Crippen molar-refractivity contribution in [3.63, 3.8) is 0 Å². The molecule has 1 fully saturated rings. The van der Waals surface area contributed by atoms with E-state index in [2.05, 4.69) is 5.43 Å². The molecule has 1 heterocycles. The Morgan fingerprint density at radius 1 is 1.46 bits per heavy atom. The zero-order valence-electron chi connectivity index (χ0n) is 6.95. The first-order chi connectivity index (χ1) is 6.09. The minimum Gasteiger partial charge on any atom is -0.481 e. The molecule has 0 aromatic carbocycles. The number of hydrazine groups is 1. The van der Waals surface area contributed by atoms with E-state index in [9.17, 15) is 14.4 Å². The molecule has 1 aliphatic heterocycles. The lowest BCUT2D eigenvalue weighted by molar-refractivity contribution is -0.148. The zero-order chi connectivity index (χ0) is 9.84. The summed E-state index contributed by atoms with van der Waals surface area (Å²) in [4.78, 5) is 32.1. The van der Waals surface area contributed by atoms with Crippen LogP contribution < -0.4 is 5.43 Å². The Bertz CT molecular complexity index is 251. The Morgan fingerprint density at radius 2 is 2.15 bits per heavy atom. The third kappa shape index (κ3) is 2.73. The van der Waals surface area contributed by atoms with E-state index in [4.69, 9.17) is 5.11 Å². The third-order valence-corrected chi connectivity index (χ3v) is 1.68. The van der Waals surface area contributed by atoms with Crippen molar-refractivity contribution in [2.24, 2.45) is 0 Å². The Balaban J connectivity index is 2.42. The molecule has 0 atom stereocenters. The van der Waals surface area contributed by atoms with E-state index in [1.54, 1.807) is 0 Å². The molecule has 1 aliphatic rings. The summed E-state index contributed by atoms with van der Waals surface area (Å²) in [6.07, 6.45) is 0.180. The van der Waals surface area contributed by atoms with E-state index in [0.29, 0.717) is 0 Å². The van der Waals surface area contributed by atoms with Gasteiger partial charge in [0, 0.05) is 12.8 Å². The summed E-state index contributed by atoms with van der Waals surface area (Å²) in [5, 5.41) is 9.40. The lowest BCUT2D eigenvalue weighted by Crippen LogP contribution is -2.50. The fourth-order valence-electron chi connectivity index (χ4n) is 1.01. The van der Waals surface area contributed by atoms with Crippen LogP contribution in [0.4, 0.5) is 0 Å². The van der Waals surface area contributed by atoms with Crippen LogP contribution in [-0.4, -0.2) is 34.4 Å². The topological polar surface area (TPSA) is 86.7 Å². The summed E-state index contributed by atoms with van der Waals surface area (Å²) in [6, 6.07) is 0. The van der Waals surface area contributed by atoms with Crippen molar-refractivity contribution >= 4 is 17.8 Å². The molecule has 13 heavy (non-hydrogen) atoms. The molecule has 0 radical (unpaired) electrons. The van der Waals surface area contributed by atoms with Gasteiger partial charge in [0.1, 0.15) is 0 Å². The van der Waals surface area contributed by atoms with Crippen LogP contribution in [0.25, 0.3) is 0 Å². The van der Waals surface area contributed by atoms with E-state index < -0.39 is 5.97 Å². The molecule has 6 nitrogen and oxygen atoms in total. The number of hydrogen-bond donors (Lipinski definition) is 2. The second-order valence-corrected chi connectivity index (χ2v) is 2.72. The monoisotopic (exact) mass is 186 g/mol. The largest absolute Gasteiger partial charge is 0.481 e. The summed E-state index contributed by atoms with van der Waals surface area (Å²) >= 11 is 0. The Labute approximate surface area is 74.5 Å². The van der Waals surface area contributed by atoms with Gasteiger partial charge >= 0.3 is 5.97 Å². The molecule has 0 aliphatic carbocycles. The van der Waals surface area contributed by atoms with Gasteiger partial charge < -0.3 is 5.11 Å². The normalized spacial score (nSPS) is 17.1. The first-order valence-corrected chi connectivity index (χ1v) is 3.91. The molecule has 2 N–H and O–H groups in total. The van der Waals surface area contributed by atoms with Gasteiger partial charge in [-0.2, -0.15) is 0 Å². The number of carboxylic acids is 1. The van der Waals surface area contributed by atoms with E-state index in [0.717, 1.165) is 5.01 Å². The van der Waals surface area contributed by atoms with Crippen molar-refractivity contribution in [1.82, 2.24) is 10.4 Å². The fraction of sp³-hybridized carbons (Fsp3) is 0.571. The van der Waals surface area contributed by atoms with Crippen LogP contribution in [-0.2, 0) is 14.4 Å². The molecule has 0 saturated carbocycles. The lowest BCUT2D eigenvalue weighted by atomic mass is 10.2. The molecule has 0 aromatic rings. The average molecular weight is 186 g/mol. The second kappa shape index (κ2) is 3.88. The van der Waals surface area contributed by atoms with E-state index in [1.807, 2.05) is 0 Å². The van der Waals surface area contributed by atoms with Crippen molar-refractivity contribution in [2.45, 2.75) is 19.3 Å². The minimum absolute atomic E-state index is 0.0277. The summed E-state index contributed by atoms with van der Waals surface area (Å²) in [6.45, 7) is 0.0277. The van der Waals surface area contributed by atoms with E-state index in [-0.39, 0.29) is 37.6 Å². The highest BCUT2D eigenvalue weighted by Gasteiger charge is 2.22. The van der Waals surface area contributed by atoms with Crippen LogP contribution in [0.3, 0.4) is 0 Å². The van der Waals surface area contributed by atoms with Gasteiger partial charge in [0.05, 0.1) is 13.0 Å². The first-order valence-electron chi connectivity index (χ1n) is 3.91. The first kappa shape index (κ1) is 9.50. The number of carbonyl (C=O) groups excluding carboxylic acids is 2. The second-order valence-electron chi connectivity index (χ2n) is 2.72. The van der Waals surface area contributed by atoms with Crippen LogP contribution in [0.15, 0.2) is 0 Å². The van der Waals surface area contributed by atoms with Crippen molar-refractivity contribution in [1.29, 1.82) is 0 Å². The van der Waals surface area contributed by atoms with E-state index in [1.165, 1.54) is 0 Å². The maximum Gasteiger partial charge on any atom is 0.305 e. The van der Waals surface area contributed by atoms with Gasteiger partial charge in [0.15, 0.2) is 0 Å². The van der Waals surface area contributed by atoms with Gasteiger partial charge in [0.2, 0.25) is 11.8 Å². The Kier molecular flexibility index (Phi) is 2.84. The molecule has 6 heteroatoms. The van der Waals surface area contributed by atoms with E-state index >= 15 is 0 Å². The quantitative estimate of drug-likeness (QED) is 0.598. The predicted octanol–water partition coefficient (Wildman–Crippen LogP) is -0.885. The average Bonchev–Trinajstić information content (AvgIpc) is 2.06. The van der Waals surface area contributed by atoms with Gasteiger partial charge in [-0.25, -0.2) is 0 Å². The van der Waals surface area contributed by atoms with Gasteiger partial charge in [-0.15, -0.1) is 0 Å². The van der Waals surface area contributed by atoms with Crippen molar-refractivity contribution in [2.75, 3.05) is 6.54 Å². The molecular weight excluding hydrogens is 176 g/mol. The molecule has 2 amide bonds. The number of carboxylic acid groups (broad SMARTS) is 1. The third-order valence-electron chi connectivity index (χ3n) is 1.68. The molecule has 1 rings (SSSR count). The van der Waals surface area contributed by atoms with Crippen LogP contribution in [0.5, 0.6) is 0 Å². The standard InChI is InChI=1S/C7H10N2O4/c10-5-1-2-6(11)9(8-5)4-3-7(12)13/h1-4H2,(H,8,10)(H,12,13). The van der Waals surface area contributed by atoms with Gasteiger partial charge in [-0.3, -0.25) is 24.8 Å². The van der Waals surface area contributed by atoms with Gasteiger partial charge in [0.25, 0.3) is 0 Å². The maximum absolute atomic E-state index is 11.1. The van der Waals surface area contributed by atoms with Crippen LogP contribution in [0.2, 0.25) is 0 Å². The number of amides is 2. The highest BCUT2D eigenvalue weighted by molar-refractivity contribution is 5.89. The summed E-state index contributed by atoms with van der Waals surface area (Å²) in [7, 11) is 0. The fourth-order valence-corrected chi connectivity index (χ4v) is 1.01. The summed E-state index contributed by atoms with van der Waals surface area (Å²) < 4.78 is 0. The Morgan fingerprint density at radius 3 is 2.77 bits per heavy atom. The number of hydrogen-bond acceptors (Lipinski definition) is 3. The smallest absolute Gasteiger partial charge is 0.305 e. The number of aliphatic carboxylic acids is 1. The van der Waals surface area contributed by atoms with Crippen molar-refractivity contribution in [3.05, 3.63) is 0 Å². The van der Waals surface area contributed by atoms with Crippen molar-refractivity contribution < 1.29 is 19.5 Å². The Hall–Kier alpha value is -1.59. The molecule has 72 valence electrons. The van der Waals surface area contributed by atoms with Crippen LogP contribution in [0, 0.1) is 0 Å². The SMILES string of the molecule is O=C(O)CCN1NC(=O)CCC1=O. The number of nitrogens with zero attached hydrogens (tertiary/aromatic N) is 1. The highest BCUT2D eigenvalue weighted by Crippen LogP contribution is 2.03. The van der Waals surface area contributed by atoms with Crippen molar-refractivity contribution in [3.8, 4) is 0 Å². The molecule has 0 spiro atoms. The molecule has 0 aromatic heterocycles. The predicted molar refractivity (Wildman–Crippen MR) is 41.3 cm³/mol. The lowest BCUT2D eigenvalue weighted by Gasteiger charge is -2.26. The van der Waals surface area contributed by atoms with Crippen LogP contribution >= 0.6 is 0 Å². The molecular formula is C7H10N2O4. The number of rotatable bonds is 3. The molecule has 0 bridgehead atoms. The van der Waals surface area contributed by atoms with Gasteiger partial charge in [-0.1, -0.05) is 0 Å². The zero-order valence-corrected chi connectivity index (χ0v) is 6.95. The van der Waals surface area contributed by atoms with Crippen LogP contribution in [0.1, 0.15) is 19.3 Å². The molecule has 0 unspecified atom stereocenters.